The second-order valence-corrected chi connectivity index (χ2v) is 3.66. The Morgan fingerprint density at radius 2 is 2.25 bits per heavy atom. The quantitative estimate of drug-likeness (QED) is 0.444. The number of carbonyl (C=O) groups excluding carboxylic acids is 1. The van der Waals surface area contributed by atoms with Crippen LogP contribution in [0, 0.1) is 0 Å². The molecule has 1 aromatic rings. The van der Waals surface area contributed by atoms with Crippen LogP contribution in [0.2, 0.25) is 0 Å². The van der Waals surface area contributed by atoms with Gasteiger partial charge in [-0.05, 0) is 24.6 Å². The first kappa shape index (κ1) is 10.7. The van der Waals surface area contributed by atoms with Crippen LogP contribution >= 0.6 is 0 Å². The van der Waals surface area contributed by atoms with Crippen molar-refractivity contribution < 1.29 is 14.3 Å². The number of carbonyl (C=O) groups is 1. The van der Waals surface area contributed by atoms with E-state index in [-0.39, 0.29) is 5.97 Å². The zero-order valence-corrected chi connectivity index (χ0v) is 9.45. The molecule has 84 valence electrons. The second-order valence-electron chi connectivity index (χ2n) is 3.66. The molecule has 0 atom stereocenters. The molecule has 3 heteroatoms. The van der Waals surface area contributed by atoms with Gasteiger partial charge in [-0.15, -0.1) is 0 Å². The highest BCUT2D eigenvalue weighted by molar-refractivity contribution is 6.21. The average molecular weight is 218 g/mol. The Balaban J connectivity index is 2.42. The van der Waals surface area contributed by atoms with Crippen molar-refractivity contribution in [2.45, 2.75) is 19.8 Å². The highest BCUT2D eigenvalue weighted by atomic mass is 16.5. The predicted molar refractivity (Wildman–Crippen MR) is 61.5 cm³/mol. The molecule has 0 saturated carbocycles. The van der Waals surface area contributed by atoms with Crippen molar-refractivity contribution in [3.05, 3.63) is 29.8 Å². The SMILES string of the molecule is CCC/C=C1/C(=O)Oc2ccc(OC)cc21. The molecule has 2 rings (SSSR count). The Morgan fingerprint density at radius 3 is 2.94 bits per heavy atom. The van der Waals surface area contributed by atoms with Crippen LogP contribution in [0.15, 0.2) is 24.3 Å². The summed E-state index contributed by atoms with van der Waals surface area (Å²) >= 11 is 0. The average Bonchev–Trinajstić information content (AvgIpc) is 2.61. The zero-order valence-electron chi connectivity index (χ0n) is 9.45. The molecule has 0 aliphatic carbocycles. The molecule has 0 N–H and O–H groups in total. The molecular formula is C13H14O3. The molecule has 0 spiro atoms. The van der Waals surface area contributed by atoms with E-state index in [4.69, 9.17) is 9.47 Å². The first-order valence-electron chi connectivity index (χ1n) is 5.37. The van der Waals surface area contributed by atoms with E-state index < -0.39 is 0 Å². The monoisotopic (exact) mass is 218 g/mol. The number of methoxy groups -OCH3 is 1. The summed E-state index contributed by atoms with van der Waals surface area (Å²) in [6.07, 6.45) is 3.81. The molecule has 0 amide bonds. The summed E-state index contributed by atoms with van der Waals surface area (Å²) in [7, 11) is 1.61. The van der Waals surface area contributed by atoms with Crippen molar-refractivity contribution in [3.8, 4) is 11.5 Å². The zero-order chi connectivity index (χ0) is 11.5. The van der Waals surface area contributed by atoms with Gasteiger partial charge in [-0.2, -0.15) is 0 Å². The van der Waals surface area contributed by atoms with Gasteiger partial charge in [0.15, 0.2) is 0 Å². The van der Waals surface area contributed by atoms with E-state index in [9.17, 15) is 4.79 Å². The Hall–Kier alpha value is -1.77. The van der Waals surface area contributed by atoms with Crippen LogP contribution in [0.5, 0.6) is 11.5 Å². The lowest BCUT2D eigenvalue weighted by molar-refractivity contribution is -0.127. The van der Waals surface area contributed by atoms with Gasteiger partial charge in [-0.25, -0.2) is 4.79 Å². The van der Waals surface area contributed by atoms with Crippen molar-refractivity contribution in [2.75, 3.05) is 7.11 Å². The van der Waals surface area contributed by atoms with Gasteiger partial charge in [0.25, 0.3) is 0 Å². The van der Waals surface area contributed by atoms with Gasteiger partial charge in [0.05, 0.1) is 12.7 Å². The topological polar surface area (TPSA) is 35.5 Å². The standard InChI is InChI=1S/C13H14O3/c1-3-4-5-10-11-8-9(15-2)6-7-12(11)16-13(10)14/h5-8H,3-4H2,1-2H3/b10-5+. The molecule has 1 aromatic carbocycles. The Kier molecular flexibility index (Phi) is 2.95. The number of unbranched alkanes of at least 4 members (excludes halogenated alkanes) is 1. The third-order valence-corrected chi connectivity index (χ3v) is 2.54. The van der Waals surface area contributed by atoms with Crippen LogP contribution in [0.3, 0.4) is 0 Å². The molecule has 0 bridgehead atoms. The predicted octanol–water partition coefficient (Wildman–Crippen LogP) is 2.80. The van der Waals surface area contributed by atoms with Crippen LogP contribution in [0.4, 0.5) is 0 Å². The van der Waals surface area contributed by atoms with Gasteiger partial charge >= 0.3 is 5.97 Å². The lowest BCUT2D eigenvalue weighted by Gasteiger charge is -2.01. The number of ether oxygens (including phenoxy) is 2. The van der Waals surface area contributed by atoms with E-state index in [1.54, 1.807) is 19.2 Å². The summed E-state index contributed by atoms with van der Waals surface area (Å²) in [5, 5.41) is 0. The molecule has 0 aromatic heterocycles. The number of hydrogen-bond donors (Lipinski definition) is 0. The first-order valence-corrected chi connectivity index (χ1v) is 5.37. The van der Waals surface area contributed by atoms with Crippen LogP contribution in [0.25, 0.3) is 5.57 Å². The van der Waals surface area contributed by atoms with Gasteiger partial charge in [0.1, 0.15) is 11.5 Å². The summed E-state index contributed by atoms with van der Waals surface area (Å²) in [6, 6.07) is 5.38. The van der Waals surface area contributed by atoms with Crippen molar-refractivity contribution in [1.29, 1.82) is 0 Å². The first-order chi connectivity index (χ1) is 7.76. The summed E-state index contributed by atoms with van der Waals surface area (Å²) in [6.45, 7) is 2.07. The third-order valence-electron chi connectivity index (χ3n) is 2.54. The van der Waals surface area contributed by atoms with E-state index in [0.717, 1.165) is 24.2 Å². The van der Waals surface area contributed by atoms with E-state index in [2.05, 4.69) is 6.92 Å². The maximum Gasteiger partial charge on any atom is 0.343 e. The van der Waals surface area contributed by atoms with Gasteiger partial charge < -0.3 is 9.47 Å². The summed E-state index contributed by atoms with van der Waals surface area (Å²) in [4.78, 5) is 11.6. The van der Waals surface area contributed by atoms with Crippen LogP contribution < -0.4 is 9.47 Å². The van der Waals surface area contributed by atoms with Crippen LogP contribution in [-0.2, 0) is 4.79 Å². The minimum absolute atomic E-state index is 0.267. The molecule has 1 aliphatic rings. The Labute approximate surface area is 94.7 Å². The highest BCUT2D eigenvalue weighted by Gasteiger charge is 2.26. The van der Waals surface area contributed by atoms with Crippen molar-refractivity contribution in [1.82, 2.24) is 0 Å². The number of rotatable bonds is 3. The fourth-order valence-corrected chi connectivity index (χ4v) is 1.68. The van der Waals surface area contributed by atoms with Gasteiger partial charge in [-0.3, -0.25) is 0 Å². The summed E-state index contributed by atoms with van der Waals surface area (Å²) in [5.41, 5.74) is 1.48. The van der Waals surface area contributed by atoms with Crippen molar-refractivity contribution >= 4 is 11.5 Å². The van der Waals surface area contributed by atoms with E-state index >= 15 is 0 Å². The lowest BCUT2D eigenvalue weighted by Crippen LogP contribution is -2.00. The van der Waals surface area contributed by atoms with Gasteiger partial charge in [0, 0.05) is 5.56 Å². The second kappa shape index (κ2) is 4.39. The fraction of sp³-hybridized carbons (Fsp3) is 0.308. The maximum absolute atomic E-state index is 11.6. The molecule has 16 heavy (non-hydrogen) atoms. The molecule has 0 radical (unpaired) electrons. The molecule has 1 heterocycles. The highest BCUT2D eigenvalue weighted by Crippen LogP contribution is 2.36. The van der Waals surface area contributed by atoms with Crippen molar-refractivity contribution in [3.63, 3.8) is 0 Å². The number of allylic oxidation sites excluding steroid dienone is 1. The number of hydrogen-bond acceptors (Lipinski definition) is 3. The minimum atomic E-state index is -0.267. The molecule has 1 aliphatic heterocycles. The lowest BCUT2D eigenvalue weighted by atomic mass is 10.1. The van der Waals surface area contributed by atoms with Gasteiger partial charge in [0.2, 0.25) is 0 Å². The Bertz CT molecular complexity index is 446. The van der Waals surface area contributed by atoms with Crippen LogP contribution in [-0.4, -0.2) is 13.1 Å². The van der Waals surface area contributed by atoms with E-state index in [1.807, 2.05) is 12.1 Å². The molecule has 0 fully saturated rings. The summed E-state index contributed by atoms with van der Waals surface area (Å²) in [5.74, 6) is 1.09. The number of fused-ring (bicyclic) bond motifs is 1. The Morgan fingerprint density at radius 1 is 1.44 bits per heavy atom. The third kappa shape index (κ3) is 1.81. The maximum atomic E-state index is 11.6. The summed E-state index contributed by atoms with van der Waals surface area (Å²) < 4.78 is 10.3. The molecule has 0 unspecified atom stereocenters. The fourth-order valence-electron chi connectivity index (χ4n) is 1.68. The largest absolute Gasteiger partial charge is 0.497 e. The van der Waals surface area contributed by atoms with E-state index in [1.165, 1.54) is 0 Å². The molecule has 3 nitrogen and oxygen atoms in total. The smallest absolute Gasteiger partial charge is 0.343 e. The minimum Gasteiger partial charge on any atom is -0.497 e. The molecule has 0 saturated heterocycles. The van der Waals surface area contributed by atoms with Crippen molar-refractivity contribution in [2.24, 2.45) is 0 Å². The number of benzene rings is 1. The van der Waals surface area contributed by atoms with Crippen LogP contribution in [0.1, 0.15) is 25.3 Å². The number of esters is 1. The molecular weight excluding hydrogens is 204 g/mol. The normalized spacial score (nSPS) is 16.1. The van der Waals surface area contributed by atoms with Gasteiger partial charge in [-0.1, -0.05) is 19.4 Å². The van der Waals surface area contributed by atoms with E-state index in [0.29, 0.717) is 11.3 Å².